The minimum Gasteiger partial charge on any atom is -0.476 e. The number of likely N-dealkylation sites (tertiary alicyclic amines) is 1. The molecule has 1 saturated heterocycles. The molecule has 1 aliphatic heterocycles. The molecular weight excluding hydrogens is 370 g/mol. The molecule has 4 rings (SSSR count). The Balaban J connectivity index is 1.21. The summed E-state index contributed by atoms with van der Waals surface area (Å²) in [6.45, 7) is 9.85. The van der Waals surface area contributed by atoms with E-state index in [-0.39, 0.29) is 11.5 Å². The highest BCUT2D eigenvalue weighted by Gasteiger charge is 2.54. The Morgan fingerprint density at radius 1 is 1.24 bits per heavy atom. The molecule has 0 atom stereocenters. The van der Waals surface area contributed by atoms with Crippen LogP contribution in [0.4, 0.5) is 4.79 Å². The second-order valence-electron chi connectivity index (χ2n) is 9.48. The highest BCUT2D eigenvalue weighted by atomic mass is 16.6. The van der Waals surface area contributed by atoms with Crippen molar-refractivity contribution in [3.05, 3.63) is 24.0 Å². The monoisotopic (exact) mass is 399 g/mol. The number of nitrogens with zero attached hydrogens (tertiary/aromatic N) is 5. The van der Waals surface area contributed by atoms with Crippen molar-refractivity contribution >= 4 is 6.09 Å². The van der Waals surface area contributed by atoms with E-state index in [1.165, 1.54) is 0 Å². The number of hydrogen-bond donors (Lipinski definition) is 0. The van der Waals surface area contributed by atoms with E-state index in [4.69, 9.17) is 9.47 Å². The molecule has 8 heteroatoms. The summed E-state index contributed by atoms with van der Waals surface area (Å²) in [5, 5.41) is 12.8. The molecule has 0 aromatic carbocycles. The van der Waals surface area contributed by atoms with E-state index in [2.05, 4.69) is 15.3 Å². The quantitative estimate of drug-likeness (QED) is 0.785. The third-order valence-electron chi connectivity index (χ3n) is 5.54. The first-order valence-corrected chi connectivity index (χ1v) is 10.1. The SMILES string of the molecule is Cc1nn(C)cc1-c1ccc(OCC2CC3(C2)CN(C(=O)OC(C)(C)C)C3)nn1. The molecule has 0 bridgehead atoms. The van der Waals surface area contributed by atoms with Crippen LogP contribution in [0.5, 0.6) is 5.88 Å². The lowest BCUT2D eigenvalue weighted by Gasteiger charge is -2.58. The first-order chi connectivity index (χ1) is 13.6. The van der Waals surface area contributed by atoms with Crippen LogP contribution in [0.2, 0.25) is 0 Å². The van der Waals surface area contributed by atoms with Gasteiger partial charge >= 0.3 is 6.09 Å². The molecule has 0 radical (unpaired) electrons. The molecule has 8 nitrogen and oxygen atoms in total. The fourth-order valence-corrected chi connectivity index (χ4v) is 4.35. The van der Waals surface area contributed by atoms with E-state index in [1.807, 2.05) is 53.1 Å². The Morgan fingerprint density at radius 2 is 1.97 bits per heavy atom. The average molecular weight is 399 g/mol. The van der Waals surface area contributed by atoms with E-state index < -0.39 is 5.60 Å². The van der Waals surface area contributed by atoms with Gasteiger partial charge < -0.3 is 14.4 Å². The minimum atomic E-state index is -0.442. The van der Waals surface area contributed by atoms with Crippen molar-refractivity contribution < 1.29 is 14.3 Å². The third-order valence-corrected chi connectivity index (χ3v) is 5.54. The van der Waals surface area contributed by atoms with Gasteiger partial charge in [0.1, 0.15) is 5.60 Å². The summed E-state index contributed by atoms with van der Waals surface area (Å²) >= 11 is 0. The molecular formula is C21H29N5O3. The van der Waals surface area contributed by atoms with Gasteiger partial charge in [-0.3, -0.25) is 4.68 Å². The number of amides is 1. The van der Waals surface area contributed by atoms with Crippen molar-refractivity contribution in [1.82, 2.24) is 24.9 Å². The Hall–Kier alpha value is -2.64. The van der Waals surface area contributed by atoms with Crippen LogP contribution in [0.1, 0.15) is 39.3 Å². The van der Waals surface area contributed by atoms with Crippen LogP contribution >= 0.6 is 0 Å². The summed E-state index contributed by atoms with van der Waals surface area (Å²) in [6.07, 6.45) is 3.88. The highest BCUT2D eigenvalue weighted by Crippen LogP contribution is 2.52. The van der Waals surface area contributed by atoms with Gasteiger partial charge in [0.25, 0.3) is 0 Å². The van der Waals surface area contributed by atoms with Gasteiger partial charge in [0.2, 0.25) is 5.88 Å². The molecule has 1 aliphatic carbocycles. The van der Waals surface area contributed by atoms with Crippen LogP contribution in [0.3, 0.4) is 0 Å². The molecule has 3 heterocycles. The van der Waals surface area contributed by atoms with Gasteiger partial charge in [-0.15, -0.1) is 10.2 Å². The standard InChI is InChI=1S/C21H29N5O3/c1-14-16(10-25(5)24-14)17-6-7-18(23-22-17)28-11-15-8-21(9-15)12-26(13-21)19(27)29-20(2,3)4/h6-7,10,15H,8-9,11-13H2,1-5H3. The normalized spacial score (nSPS) is 18.3. The molecule has 2 aromatic rings. The second-order valence-corrected chi connectivity index (χ2v) is 9.48. The number of hydrogen-bond acceptors (Lipinski definition) is 6. The van der Waals surface area contributed by atoms with Crippen molar-refractivity contribution in [2.45, 2.75) is 46.1 Å². The lowest BCUT2D eigenvalue weighted by molar-refractivity contribution is -0.103. The zero-order valence-corrected chi connectivity index (χ0v) is 17.8. The fourth-order valence-electron chi connectivity index (χ4n) is 4.35. The Kier molecular flexibility index (Phi) is 4.75. The molecule has 2 aliphatic rings. The summed E-state index contributed by atoms with van der Waals surface area (Å²) in [5.41, 5.74) is 2.52. The zero-order chi connectivity index (χ0) is 20.8. The van der Waals surface area contributed by atoms with Gasteiger partial charge in [-0.2, -0.15) is 5.10 Å². The Morgan fingerprint density at radius 3 is 2.52 bits per heavy atom. The van der Waals surface area contributed by atoms with Crippen LogP contribution in [-0.2, 0) is 11.8 Å². The van der Waals surface area contributed by atoms with E-state index in [0.717, 1.165) is 42.9 Å². The van der Waals surface area contributed by atoms with Crippen LogP contribution in [-0.4, -0.2) is 56.3 Å². The van der Waals surface area contributed by atoms with Gasteiger partial charge in [-0.1, -0.05) is 0 Å². The lowest BCUT2D eigenvalue weighted by Crippen LogP contribution is -2.64. The first kappa shape index (κ1) is 19.7. The molecule has 1 saturated carbocycles. The highest BCUT2D eigenvalue weighted by molar-refractivity contribution is 5.69. The van der Waals surface area contributed by atoms with Gasteiger partial charge in [-0.05, 0) is 52.5 Å². The topological polar surface area (TPSA) is 82.4 Å². The summed E-state index contributed by atoms with van der Waals surface area (Å²) in [7, 11) is 1.89. The maximum atomic E-state index is 12.1. The second kappa shape index (κ2) is 7.00. The number of ether oxygens (including phenoxy) is 2. The van der Waals surface area contributed by atoms with Crippen molar-refractivity contribution in [3.63, 3.8) is 0 Å². The van der Waals surface area contributed by atoms with Crippen molar-refractivity contribution in [2.24, 2.45) is 18.4 Å². The molecule has 0 N–H and O–H groups in total. The minimum absolute atomic E-state index is 0.206. The molecule has 2 fully saturated rings. The average Bonchev–Trinajstić information content (AvgIpc) is 2.89. The van der Waals surface area contributed by atoms with Crippen LogP contribution in [0, 0.1) is 18.3 Å². The first-order valence-electron chi connectivity index (χ1n) is 10.1. The van der Waals surface area contributed by atoms with Gasteiger partial charge in [0.15, 0.2) is 0 Å². The van der Waals surface area contributed by atoms with E-state index in [9.17, 15) is 4.79 Å². The molecule has 0 unspecified atom stereocenters. The summed E-state index contributed by atoms with van der Waals surface area (Å²) in [6, 6.07) is 3.77. The fraction of sp³-hybridized carbons (Fsp3) is 0.619. The Bertz CT molecular complexity index is 886. The van der Waals surface area contributed by atoms with Crippen LogP contribution < -0.4 is 4.74 Å². The predicted octanol–water partition coefficient (Wildman–Crippen LogP) is 3.21. The Labute approximate surface area is 171 Å². The van der Waals surface area contributed by atoms with Gasteiger partial charge in [-0.25, -0.2) is 4.79 Å². The van der Waals surface area contributed by atoms with Crippen LogP contribution in [0.15, 0.2) is 18.3 Å². The molecule has 1 spiro atoms. The third kappa shape index (κ3) is 4.21. The van der Waals surface area contributed by atoms with E-state index >= 15 is 0 Å². The van der Waals surface area contributed by atoms with Crippen molar-refractivity contribution in [2.75, 3.05) is 19.7 Å². The smallest absolute Gasteiger partial charge is 0.410 e. The summed E-state index contributed by atoms with van der Waals surface area (Å²) < 4.78 is 13.0. The van der Waals surface area contributed by atoms with Gasteiger partial charge in [0, 0.05) is 43.4 Å². The predicted molar refractivity (Wildman–Crippen MR) is 107 cm³/mol. The largest absolute Gasteiger partial charge is 0.476 e. The number of carbonyl (C=O) groups is 1. The number of carbonyl (C=O) groups excluding carboxylic acids is 1. The molecule has 29 heavy (non-hydrogen) atoms. The molecule has 156 valence electrons. The summed E-state index contributed by atoms with van der Waals surface area (Å²) in [4.78, 5) is 13.9. The molecule has 2 aromatic heterocycles. The maximum absolute atomic E-state index is 12.1. The van der Waals surface area contributed by atoms with E-state index in [1.54, 1.807) is 9.58 Å². The zero-order valence-electron chi connectivity index (χ0n) is 17.8. The maximum Gasteiger partial charge on any atom is 0.410 e. The number of aromatic nitrogens is 4. The molecule has 1 amide bonds. The summed E-state index contributed by atoms with van der Waals surface area (Å²) in [5.74, 6) is 1.04. The van der Waals surface area contributed by atoms with Crippen molar-refractivity contribution in [1.29, 1.82) is 0 Å². The van der Waals surface area contributed by atoms with Crippen LogP contribution in [0.25, 0.3) is 11.3 Å². The lowest BCUT2D eigenvalue weighted by atomic mass is 9.58. The van der Waals surface area contributed by atoms with Crippen molar-refractivity contribution in [3.8, 4) is 17.1 Å². The van der Waals surface area contributed by atoms with E-state index in [0.29, 0.717) is 18.4 Å². The van der Waals surface area contributed by atoms with Gasteiger partial charge in [0.05, 0.1) is 18.0 Å². The number of aryl methyl sites for hydroxylation is 2. The number of rotatable bonds is 4.